The summed E-state index contributed by atoms with van der Waals surface area (Å²) >= 11 is 1.63. The standard InChI is InChI=1S/C17H14N4S/c1-9-6-11(18)3-5-12(9)10-2-4-13-14(7-10)22-16-15(13)20-8-21-17(16)19/h2-8H,18H2,1H3,(H2,19,20,21). The van der Waals surface area contributed by atoms with Crippen LogP contribution >= 0.6 is 11.3 Å². The number of rotatable bonds is 1. The molecule has 0 bridgehead atoms. The molecule has 0 radical (unpaired) electrons. The van der Waals surface area contributed by atoms with Crippen LogP contribution in [0.5, 0.6) is 0 Å². The normalized spacial score (nSPS) is 11.3. The molecule has 0 aliphatic heterocycles. The van der Waals surface area contributed by atoms with Gasteiger partial charge in [-0.2, -0.15) is 0 Å². The molecule has 2 heterocycles. The van der Waals surface area contributed by atoms with E-state index < -0.39 is 0 Å². The fourth-order valence-electron chi connectivity index (χ4n) is 2.77. The quantitative estimate of drug-likeness (QED) is 0.521. The van der Waals surface area contributed by atoms with Crippen LogP contribution in [0.4, 0.5) is 11.5 Å². The number of aryl methyl sites for hydroxylation is 1. The predicted molar refractivity (Wildman–Crippen MR) is 93.9 cm³/mol. The van der Waals surface area contributed by atoms with Crippen LogP contribution in [-0.4, -0.2) is 9.97 Å². The zero-order chi connectivity index (χ0) is 15.3. The van der Waals surface area contributed by atoms with Crippen molar-refractivity contribution in [1.29, 1.82) is 0 Å². The third-order valence-corrected chi connectivity index (χ3v) is 5.01. The van der Waals surface area contributed by atoms with Gasteiger partial charge in [0.2, 0.25) is 0 Å². The van der Waals surface area contributed by atoms with Crippen LogP contribution in [0.25, 0.3) is 31.4 Å². The van der Waals surface area contributed by atoms with Crippen molar-refractivity contribution in [3.05, 3.63) is 48.3 Å². The van der Waals surface area contributed by atoms with Crippen LogP contribution in [0.2, 0.25) is 0 Å². The molecule has 0 atom stereocenters. The Balaban J connectivity index is 1.97. The summed E-state index contributed by atoms with van der Waals surface area (Å²) in [6, 6.07) is 12.4. The highest BCUT2D eigenvalue weighted by Gasteiger charge is 2.11. The number of hydrogen-bond donors (Lipinski definition) is 2. The summed E-state index contributed by atoms with van der Waals surface area (Å²) in [5.74, 6) is 0.538. The van der Waals surface area contributed by atoms with Crippen LogP contribution < -0.4 is 11.5 Å². The fraction of sp³-hybridized carbons (Fsp3) is 0.0588. The Kier molecular flexibility index (Phi) is 2.77. The predicted octanol–water partition coefficient (Wildman–Crippen LogP) is 3.98. The maximum atomic E-state index is 5.96. The Bertz CT molecular complexity index is 1020. The molecule has 108 valence electrons. The Hall–Kier alpha value is -2.66. The second kappa shape index (κ2) is 4.68. The molecule has 4 N–H and O–H groups in total. The van der Waals surface area contributed by atoms with Crippen LogP contribution in [0, 0.1) is 6.92 Å². The minimum Gasteiger partial charge on any atom is -0.399 e. The first-order chi connectivity index (χ1) is 10.6. The van der Waals surface area contributed by atoms with E-state index in [2.05, 4.69) is 41.2 Å². The summed E-state index contributed by atoms with van der Waals surface area (Å²) in [4.78, 5) is 8.43. The molecule has 0 spiro atoms. The number of aromatic nitrogens is 2. The van der Waals surface area contributed by atoms with Gasteiger partial charge in [0.15, 0.2) is 0 Å². The molecule has 2 aromatic carbocycles. The average Bonchev–Trinajstić information content (AvgIpc) is 2.86. The molecule has 4 rings (SSSR count). The zero-order valence-corrected chi connectivity index (χ0v) is 12.8. The lowest BCUT2D eigenvalue weighted by atomic mass is 9.99. The van der Waals surface area contributed by atoms with Crippen molar-refractivity contribution in [3.63, 3.8) is 0 Å². The first-order valence-corrected chi connectivity index (χ1v) is 7.74. The maximum Gasteiger partial charge on any atom is 0.144 e. The number of hydrogen-bond acceptors (Lipinski definition) is 5. The van der Waals surface area contributed by atoms with Gasteiger partial charge in [-0.05, 0) is 41.8 Å². The molecule has 0 saturated carbocycles. The highest BCUT2D eigenvalue weighted by Crippen LogP contribution is 2.37. The van der Waals surface area contributed by atoms with Gasteiger partial charge in [-0.15, -0.1) is 11.3 Å². The summed E-state index contributed by atoms with van der Waals surface area (Å²) in [6.07, 6.45) is 1.52. The van der Waals surface area contributed by atoms with Crippen molar-refractivity contribution >= 4 is 43.1 Å². The van der Waals surface area contributed by atoms with Gasteiger partial charge in [0.05, 0.1) is 10.2 Å². The third kappa shape index (κ3) is 1.90. The number of fused-ring (bicyclic) bond motifs is 3. The van der Waals surface area contributed by atoms with Gasteiger partial charge in [0.25, 0.3) is 0 Å². The maximum absolute atomic E-state index is 5.96. The molecule has 4 nitrogen and oxygen atoms in total. The molecule has 0 amide bonds. The van der Waals surface area contributed by atoms with Gasteiger partial charge >= 0.3 is 0 Å². The van der Waals surface area contributed by atoms with Crippen LogP contribution in [-0.2, 0) is 0 Å². The SMILES string of the molecule is Cc1cc(N)ccc1-c1ccc2c(c1)sc1c(N)ncnc12. The Morgan fingerprint density at radius 2 is 1.86 bits per heavy atom. The van der Waals surface area contributed by atoms with Crippen LogP contribution in [0.3, 0.4) is 0 Å². The van der Waals surface area contributed by atoms with Gasteiger partial charge in [-0.3, -0.25) is 0 Å². The number of anilines is 2. The smallest absolute Gasteiger partial charge is 0.144 e. The van der Waals surface area contributed by atoms with E-state index in [9.17, 15) is 0 Å². The number of thiophene rings is 1. The van der Waals surface area contributed by atoms with Crippen molar-refractivity contribution in [2.75, 3.05) is 11.5 Å². The van der Waals surface area contributed by atoms with E-state index in [1.54, 1.807) is 11.3 Å². The lowest BCUT2D eigenvalue weighted by molar-refractivity contribution is 1.24. The summed E-state index contributed by atoms with van der Waals surface area (Å²) in [5.41, 5.74) is 17.0. The molecular weight excluding hydrogens is 292 g/mol. The topological polar surface area (TPSA) is 77.8 Å². The molecule has 0 aliphatic carbocycles. The number of nitrogens with two attached hydrogens (primary N) is 2. The van der Waals surface area contributed by atoms with Gasteiger partial charge < -0.3 is 11.5 Å². The minimum atomic E-state index is 0.538. The van der Waals surface area contributed by atoms with Gasteiger partial charge in [-0.25, -0.2) is 9.97 Å². The third-order valence-electron chi connectivity index (χ3n) is 3.84. The Labute approximate surface area is 131 Å². The molecule has 0 fully saturated rings. The van der Waals surface area contributed by atoms with Gasteiger partial charge in [0, 0.05) is 15.8 Å². The number of nitrogen functional groups attached to an aromatic ring is 2. The first-order valence-electron chi connectivity index (χ1n) is 6.93. The Morgan fingerprint density at radius 1 is 1.00 bits per heavy atom. The van der Waals surface area contributed by atoms with Crippen LogP contribution in [0.15, 0.2) is 42.7 Å². The fourth-order valence-corrected chi connectivity index (χ4v) is 3.87. The summed E-state index contributed by atoms with van der Waals surface area (Å²) in [5, 5.41) is 1.12. The molecule has 5 heteroatoms. The Morgan fingerprint density at radius 3 is 2.68 bits per heavy atom. The number of nitrogens with zero attached hydrogens (tertiary/aromatic N) is 2. The second-order valence-electron chi connectivity index (χ2n) is 5.32. The second-order valence-corrected chi connectivity index (χ2v) is 6.38. The molecule has 22 heavy (non-hydrogen) atoms. The van der Waals surface area contributed by atoms with E-state index in [-0.39, 0.29) is 0 Å². The van der Waals surface area contributed by atoms with Crippen molar-refractivity contribution in [3.8, 4) is 11.1 Å². The highest BCUT2D eigenvalue weighted by molar-refractivity contribution is 7.26. The molecule has 0 aliphatic rings. The largest absolute Gasteiger partial charge is 0.399 e. The van der Waals surface area contributed by atoms with E-state index in [1.807, 2.05) is 12.1 Å². The lowest BCUT2D eigenvalue weighted by Crippen LogP contribution is -1.89. The van der Waals surface area contributed by atoms with Gasteiger partial charge in [0.1, 0.15) is 12.1 Å². The van der Waals surface area contributed by atoms with E-state index in [0.29, 0.717) is 5.82 Å². The van der Waals surface area contributed by atoms with Crippen molar-refractivity contribution in [2.24, 2.45) is 0 Å². The highest BCUT2D eigenvalue weighted by atomic mass is 32.1. The first kappa shape index (κ1) is 13.0. The van der Waals surface area contributed by atoms with E-state index in [1.165, 1.54) is 23.0 Å². The van der Waals surface area contributed by atoms with Crippen molar-refractivity contribution < 1.29 is 0 Å². The van der Waals surface area contributed by atoms with E-state index in [4.69, 9.17) is 11.5 Å². The number of benzene rings is 2. The summed E-state index contributed by atoms with van der Waals surface area (Å²) < 4.78 is 2.11. The zero-order valence-electron chi connectivity index (χ0n) is 12.0. The van der Waals surface area contributed by atoms with Gasteiger partial charge in [-0.1, -0.05) is 18.2 Å². The van der Waals surface area contributed by atoms with Crippen molar-refractivity contribution in [2.45, 2.75) is 6.92 Å². The molecule has 4 aromatic rings. The lowest BCUT2D eigenvalue weighted by Gasteiger charge is -2.07. The molecule has 2 aromatic heterocycles. The average molecular weight is 306 g/mol. The van der Waals surface area contributed by atoms with Crippen LogP contribution in [0.1, 0.15) is 5.56 Å². The molecule has 0 saturated heterocycles. The monoisotopic (exact) mass is 306 g/mol. The summed E-state index contributed by atoms with van der Waals surface area (Å²) in [7, 11) is 0. The summed E-state index contributed by atoms with van der Waals surface area (Å²) in [6.45, 7) is 2.07. The minimum absolute atomic E-state index is 0.538. The van der Waals surface area contributed by atoms with E-state index in [0.717, 1.165) is 26.0 Å². The van der Waals surface area contributed by atoms with Crippen molar-refractivity contribution in [1.82, 2.24) is 9.97 Å². The molecular formula is C17H14N4S. The molecule has 0 unspecified atom stereocenters. The van der Waals surface area contributed by atoms with E-state index >= 15 is 0 Å².